The van der Waals surface area contributed by atoms with Crippen LogP contribution in [0.5, 0.6) is 0 Å². The first kappa shape index (κ1) is 31.1. The second-order valence-electron chi connectivity index (χ2n) is 10.5. The van der Waals surface area contributed by atoms with Gasteiger partial charge in [-0.1, -0.05) is 44.7 Å². The first-order valence-electron chi connectivity index (χ1n) is 12.6. The molecule has 1 aromatic carbocycles. The van der Waals surface area contributed by atoms with E-state index in [1.807, 2.05) is 13.8 Å². The summed E-state index contributed by atoms with van der Waals surface area (Å²) in [5.74, 6) is -7.47. The van der Waals surface area contributed by atoms with Crippen LogP contribution in [-0.4, -0.2) is 41.7 Å². The fraction of sp³-hybridized carbons (Fsp3) is 0.448. The first-order valence-corrected chi connectivity index (χ1v) is 15.0. The molecule has 1 saturated heterocycles. The molecular weight excluding hydrogens is 550 g/mol. The zero-order chi connectivity index (χ0) is 29.4. The Hall–Kier alpha value is -2.46. The van der Waals surface area contributed by atoms with Gasteiger partial charge in [0.05, 0.1) is 17.5 Å². The van der Waals surface area contributed by atoms with Crippen molar-refractivity contribution in [2.24, 2.45) is 5.92 Å². The van der Waals surface area contributed by atoms with E-state index in [-0.39, 0.29) is 47.4 Å². The van der Waals surface area contributed by atoms with Crippen LogP contribution in [0, 0.1) is 12.8 Å². The van der Waals surface area contributed by atoms with Crippen molar-refractivity contribution in [2.45, 2.75) is 73.7 Å². The van der Waals surface area contributed by atoms with Gasteiger partial charge in [-0.2, -0.15) is 8.78 Å². The molecule has 39 heavy (non-hydrogen) atoms. The summed E-state index contributed by atoms with van der Waals surface area (Å²) in [4.78, 5) is 15.3. The molecule has 1 aliphatic heterocycles. The quantitative estimate of drug-likeness (QED) is 0.172. The highest BCUT2D eigenvalue weighted by Gasteiger charge is 2.52. The summed E-state index contributed by atoms with van der Waals surface area (Å²) < 4.78 is 81.9. The summed E-state index contributed by atoms with van der Waals surface area (Å²) >= 11 is 1.45. The molecule has 1 amide bonds. The molecule has 0 aromatic heterocycles. The zero-order valence-electron chi connectivity index (χ0n) is 22.5. The Morgan fingerprint density at radius 1 is 1.18 bits per heavy atom. The number of alkyl halides is 4. The molecule has 1 heterocycles. The number of rotatable bonds is 9. The number of thioether (sulfide) groups is 1. The number of hydrogen-bond acceptors (Lipinski definition) is 4. The number of carbonyl (C=O) groups is 1. The Labute approximate surface area is 232 Å². The van der Waals surface area contributed by atoms with Gasteiger partial charge in [0.2, 0.25) is 20.5 Å². The van der Waals surface area contributed by atoms with Gasteiger partial charge in [0.25, 0.3) is 11.8 Å². The van der Waals surface area contributed by atoms with Crippen LogP contribution < -0.4 is 0 Å². The molecular formula is C29H34F4NO3S2+. The van der Waals surface area contributed by atoms with Gasteiger partial charge in [-0.3, -0.25) is 4.79 Å². The van der Waals surface area contributed by atoms with Crippen molar-refractivity contribution in [3.8, 4) is 0 Å². The lowest BCUT2D eigenvalue weighted by Gasteiger charge is -2.37. The van der Waals surface area contributed by atoms with Crippen molar-refractivity contribution < 1.29 is 30.8 Å². The Kier molecular flexibility index (Phi) is 8.92. The van der Waals surface area contributed by atoms with E-state index in [0.717, 1.165) is 12.1 Å². The van der Waals surface area contributed by atoms with Crippen LogP contribution in [0.15, 0.2) is 76.2 Å². The number of allylic oxidation sites excluding steroid dienone is 5. The van der Waals surface area contributed by atoms with E-state index in [0.29, 0.717) is 23.6 Å². The Morgan fingerprint density at radius 3 is 2.41 bits per heavy atom. The highest BCUT2D eigenvalue weighted by atomic mass is 32.2. The molecule has 3 rings (SSSR count). The Balaban J connectivity index is 1.91. The predicted octanol–water partition coefficient (Wildman–Crippen LogP) is 7.46. The van der Waals surface area contributed by atoms with E-state index >= 15 is 0 Å². The van der Waals surface area contributed by atoms with Crippen molar-refractivity contribution in [2.75, 3.05) is 6.54 Å². The van der Waals surface area contributed by atoms with Gasteiger partial charge in [-0.05, 0) is 44.1 Å². The average Bonchev–Trinajstić information content (AvgIpc) is 3.06. The lowest BCUT2D eigenvalue weighted by molar-refractivity contribution is -0.132. The van der Waals surface area contributed by atoms with Crippen LogP contribution in [0.25, 0.3) is 0 Å². The van der Waals surface area contributed by atoms with Crippen molar-refractivity contribution in [1.29, 1.82) is 0 Å². The minimum absolute atomic E-state index is 0.0101. The fourth-order valence-corrected chi connectivity index (χ4v) is 7.34. The average molecular weight is 585 g/mol. The monoisotopic (exact) mass is 584 g/mol. The topological polar surface area (TPSA) is 54.5 Å². The smallest absolute Gasteiger partial charge is 0.288 e. The van der Waals surface area contributed by atoms with Gasteiger partial charge in [0.1, 0.15) is 0 Å². The van der Waals surface area contributed by atoms with Gasteiger partial charge in [0.15, 0.2) is 0 Å². The van der Waals surface area contributed by atoms with Gasteiger partial charge >= 0.3 is 0 Å². The number of benzene rings is 1. The van der Waals surface area contributed by atoms with E-state index in [1.165, 1.54) is 47.9 Å². The van der Waals surface area contributed by atoms with E-state index in [1.54, 1.807) is 6.08 Å². The highest BCUT2D eigenvalue weighted by molar-refractivity contribution is 8.03. The maximum atomic E-state index is 14.3. The summed E-state index contributed by atoms with van der Waals surface area (Å²) in [5.41, 5.74) is -0.0893. The lowest BCUT2D eigenvalue weighted by Crippen LogP contribution is -2.48. The van der Waals surface area contributed by atoms with Crippen LogP contribution in [-0.2, 0) is 20.6 Å². The van der Waals surface area contributed by atoms with Gasteiger partial charge in [0, 0.05) is 47.1 Å². The SMILES string of the molecule is C=CC(F)(F)C1=CC=C(N2CCC(C([CH2+])(C)S(=O)(=O)c3cccc(C(C)(F)F)c3)CC2=O)C(SC(C)C)=CC1. The number of hydrogen-bond donors (Lipinski definition) is 0. The third-order valence-electron chi connectivity index (χ3n) is 7.09. The predicted molar refractivity (Wildman–Crippen MR) is 148 cm³/mol. The van der Waals surface area contributed by atoms with E-state index < -0.39 is 37.9 Å². The Morgan fingerprint density at radius 2 is 1.85 bits per heavy atom. The lowest BCUT2D eigenvalue weighted by atomic mass is 9.85. The maximum Gasteiger partial charge on any atom is 0.288 e. The van der Waals surface area contributed by atoms with Gasteiger partial charge < -0.3 is 4.90 Å². The molecule has 10 heteroatoms. The number of nitrogens with zero attached hydrogens (tertiary/aromatic N) is 1. The van der Waals surface area contributed by atoms with Crippen molar-refractivity contribution in [3.05, 3.63) is 83.8 Å². The number of likely N-dealkylation sites (tertiary alicyclic amines) is 1. The van der Waals surface area contributed by atoms with E-state index in [2.05, 4.69) is 13.5 Å². The van der Waals surface area contributed by atoms with Crippen LogP contribution in [0.3, 0.4) is 0 Å². The summed E-state index contributed by atoms with van der Waals surface area (Å²) in [6, 6.07) is 4.63. The van der Waals surface area contributed by atoms with Crippen molar-refractivity contribution in [1.82, 2.24) is 4.90 Å². The summed E-state index contributed by atoms with van der Waals surface area (Å²) in [6.45, 7) is 13.3. The fourth-order valence-electron chi connectivity index (χ4n) is 4.63. The third-order valence-corrected chi connectivity index (χ3v) is 10.6. The summed E-state index contributed by atoms with van der Waals surface area (Å²) in [6.07, 6.45) is 5.19. The summed E-state index contributed by atoms with van der Waals surface area (Å²) in [7, 11) is -4.19. The van der Waals surface area contributed by atoms with Crippen LogP contribution in [0.4, 0.5) is 17.6 Å². The molecule has 0 radical (unpaired) electrons. The molecule has 0 spiro atoms. The molecule has 4 nitrogen and oxygen atoms in total. The second-order valence-corrected chi connectivity index (χ2v) is 14.5. The zero-order valence-corrected chi connectivity index (χ0v) is 24.1. The minimum atomic E-state index is -4.19. The molecule has 0 N–H and O–H groups in total. The van der Waals surface area contributed by atoms with Crippen molar-refractivity contribution >= 4 is 27.5 Å². The molecule has 2 aliphatic rings. The largest absolute Gasteiger partial charge is 0.311 e. The summed E-state index contributed by atoms with van der Waals surface area (Å²) in [5, 5.41) is 0.119. The number of carbonyl (C=O) groups excluding carboxylic acids is 1. The maximum absolute atomic E-state index is 14.3. The number of halogens is 4. The molecule has 0 bridgehead atoms. The molecule has 1 aromatic rings. The first-order chi connectivity index (χ1) is 17.9. The van der Waals surface area contributed by atoms with Gasteiger partial charge in [-0.15, -0.1) is 11.8 Å². The van der Waals surface area contributed by atoms with E-state index in [4.69, 9.17) is 0 Å². The molecule has 1 aliphatic carbocycles. The van der Waals surface area contributed by atoms with E-state index in [9.17, 15) is 30.8 Å². The number of sulfone groups is 1. The standard InChI is InChI=1S/C29H34F4NO3S2/c1-7-29(32,33)20-11-13-24(25(14-12-20)38-19(2)3)34-16-15-21(18-26(34)35)27(4,5)39(36,37)23-10-8-9-22(17-23)28(6,30)31/h7-11,13-14,17,19,21H,1,4,12,15-16,18H2,2-3,5-6H3/q+1. The van der Waals surface area contributed by atoms with Crippen molar-refractivity contribution in [3.63, 3.8) is 0 Å². The molecule has 2 unspecified atom stereocenters. The molecule has 2 atom stereocenters. The minimum Gasteiger partial charge on any atom is -0.311 e. The molecule has 212 valence electrons. The van der Waals surface area contributed by atoms with Crippen LogP contribution in [0.1, 0.15) is 52.5 Å². The highest BCUT2D eigenvalue weighted by Crippen LogP contribution is 2.42. The number of amides is 1. The normalized spacial score (nSPS) is 21.1. The van der Waals surface area contributed by atoms with Crippen LogP contribution >= 0.6 is 11.8 Å². The van der Waals surface area contributed by atoms with Crippen LogP contribution in [0.2, 0.25) is 0 Å². The second kappa shape index (κ2) is 11.2. The molecule has 1 fully saturated rings. The Bertz CT molecular complexity index is 1320. The third kappa shape index (κ3) is 6.48. The number of piperidine rings is 1. The van der Waals surface area contributed by atoms with Gasteiger partial charge in [-0.25, -0.2) is 17.2 Å². The molecule has 0 saturated carbocycles.